The van der Waals surface area contributed by atoms with Crippen molar-refractivity contribution in [2.45, 2.75) is 27.7 Å². The molecule has 0 aromatic heterocycles. The number of benzene rings is 4. The lowest BCUT2D eigenvalue weighted by Crippen LogP contribution is -2.03. The molecule has 27 heavy (non-hydrogen) atoms. The summed E-state index contributed by atoms with van der Waals surface area (Å²) in [5.74, 6) is 1.83. The molecule has 1 heteroatoms. The SMILES string of the molecule is C=C1c2ccc3ccccc3c2Oc2c1ccc1ccccc21.CC.CC. The molecule has 1 nitrogen and oxygen atoms in total. The highest BCUT2D eigenvalue weighted by Crippen LogP contribution is 2.48. The summed E-state index contributed by atoms with van der Waals surface area (Å²) in [7, 11) is 0. The molecule has 1 aliphatic rings. The minimum atomic E-state index is 0.914. The topological polar surface area (TPSA) is 9.23 Å². The van der Waals surface area contributed by atoms with Crippen LogP contribution in [-0.4, -0.2) is 0 Å². The van der Waals surface area contributed by atoms with Gasteiger partial charge in [-0.05, 0) is 28.5 Å². The monoisotopic (exact) mass is 354 g/mol. The fraction of sp³-hybridized carbons (Fsp3) is 0.154. The largest absolute Gasteiger partial charge is 0.455 e. The first-order valence-electron chi connectivity index (χ1n) is 9.74. The highest BCUT2D eigenvalue weighted by molar-refractivity contribution is 6.03. The van der Waals surface area contributed by atoms with Crippen molar-refractivity contribution in [3.63, 3.8) is 0 Å². The Morgan fingerprint density at radius 3 is 1.41 bits per heavy atom. The zero-order valence-corrected chi connectivity index (χ0v) is 16.5. The van der Waals surface area contributed by atoms with Crippen LogP contribution in [0.15, 0.2) is 79.4 Å². The van der Waals surface area contributed by atoms with Crippen LogP contribution in [0.25, 0.3) is 27.1 Å². The second-order valence-electron chi connectivity index (χ2n) is 5.91. The zero-order chi connectivity index (χ0) is 19.4. The van der Waals surface area contributed by atoms with Crippen molar-refractivity contribution >= 4 is 27.1 Å². The molecule has 0 N–H and O–H groups in total. The molecule has 5 rings (SSSR count). The van der Waals surface area contributed by atoms with Gasteiger partial charge in [0.1, 0.15) is 11.5 Å². The normalized spacial score (nSPS) is 11.3. The maximum Gasteiger partial charge on any atom is 0.143 e. The van der Waals surface area contributed by atoms with Crippen molar-refractivity contribution < 1.29 is 4.74 Å². The molecule has 0 bridgehead atoms. The molecule has 4 aromatic rings. The van der Waals surface area contributed by atoms with Gasteiger partial charge in [-0.25, -0.2) is 0 Å². The molecule has 0 saturated heterocycles. The van der Waals surface area contributed by atoms with E-state index < -0.39 is 0 Å². The second-order valence-corrected chi connectivity index (χ2v) is 5.91. The molecular weight excluding hydrogens is 328 g/mol. The summed E-state index contributed by atoms with van der Waals surface area (Å²) in [6, 6.07) is 25.1. The molecule has 136 valence electrons. The van der Waals surface area contributed by atoms with E-state index in [1.54, 1.807) is 0 Å². The summed E-state index contributed by atoms with van der Waals surface area (Å²) in [5, 5.41) is 4.62. The van der Waals surface area contributed by atoms with Crippen LogP contribution in [-0.2, 0) is 0 Å². The van der Waals surface area contributed by atoms with Crippen LogP contribution in [0.3, 0.4) is 0 Å². The quantitative estimate of drug-likeness (QED) is 0.272. The van der Waals surface area contributed by atoms with Gasteiger partial charge >= 0.3 is 0 Å². The van der Waals surface area contributed by atoms with Crippen LogP contribution in [0.2, 0.25) is 0 Å². The maximum atomic E-state index is 6.41. The van der Waals surface area contributed by atoms with Crippen LogP contribution in [0.1, 0.15) is 38.8 Å². The Hall–Kier alpha value is -3.06. The van der Waals surface area contributed by atoms with Crippen molar-refractivity contribution in [3.8, 4) is 11.5 Å². The average Bonchev–Trinajstić information content (AvgIpc) is 2.76. The minimum absolute atomic E-state index is 0.914. The van der Waals surface area contributed by atoms with Gasteiger partial charge in [-0.2, -0.15) is 0 Å². The van der Waals surface area contributed by atoms with E-state index >= 15 is 0 Å². The molecule has 0 radical (unpaired) electrons. The van der Waals surface area contributed by atoms with E-state index in [2.05, 4.69) is 67.2 Å². The molecule has 0 unspecified atom stereocenters. The maximum absolute atomic E-state index is 6.41. The number of hydrogen-bond donors (Lipinski definition) is 0. The van der Waals surface area contributed by atoms with Gasteiger partial charge in [0.2, 0.25) is 0 Å². The Kier molecular flexibility index (Phi) is 5.61. The summed E-state index contributed by atoms with van der Waals surface area (Å²) in [6.45, 7) is 12.3. The number of rotatable bonds is 0. The van der Waals surface area contributed by atoms with Crippen molar-refractivity contribution in [1.29, 1.82) is 0 Å². The van der Waals surface area contributed by atoms with E-state index in [1.165, 1.54) is 10.8 Å². The molecule has 0 atom stereocenters. The molecule has 0 amide bonds. The fourth-order valence-electron chi connectivity index (χ4n) is 3.43. The molecule has 0 fully saturated rings. The first kappa shape index (κ1) is 18.7. The van der Waals surface area contributed by atoms with Crippen LogP contribution in [0.4, 0.5) is 0 Å². The molecule has 1 heterocycles. The zero-order valence-electron chi connectivity index (χ0n) is 16.5. The standard InChI is InChI=1S/C22H14O.2C2H6/c1-14-17-12-10-15-6-2-4-8-19(15)21(17)23-22-18(14)13-11-16-7-3-5-9-20(16)22;2*1-2/h2-13H,1H2;2*1-2H3. The summed E-state index contributed by atoms with van der Waals surface area (Å²) >= 11 is 0. The van der Waals surface area contributed by atoms with E-state index in [1.807, 2.05) is 39.8 Å². The smallest absolute Gasteiger partial charge is 0.143 e. The Balaban J connectivity index is 0.000000495. The van der Waals surface area contributed by atoms with Gasteiger partial charge in [0, 0.05) is 21.9 Å². The Morgan fingerprint density at radius 2 is 0.963 bits per heavy atom. The Morgan fingerprint density at radius 1 is 0.556 bits per heavy atom. The predicted octanol–water partition coefficient (Wildman–Crippen LogP) is 8.21. The van der Waals surface area contributed by atoms with E-state index in [9.17, 15) is 0 Å². The first-order chi connectivity index (χ1) is 13.3. The van der Waals surface area contributed by atoms with Gasteiger partial charge in [0.05, 0.1) is 0 Å². The van der Waals surface area contributed by atoms with Crippen LogP contribution >= 0.6 is 0 Å². The van der Waals surface area contributed by atoms with Crippen molar-refractivity contribution in [3.05, 3.63) is 90.5 Å². The molecule has 0 spiro atoms. The lowest BCUT2D eigenvalue weighted by atomic mass is 9.91. The van der Waals surface area contributed by atoms with Crippen LogP contribution in [0.5, 0.6) is 11.5 Å². The molecule has 1 aliphatic heterocycles. The Bertz CT molecular complexity index is 1020. The highest BCUT2D eigenvalue weighted by atomic mass is 16.5. The van der Waals surface area contributed by atoms with Crippen molar-refractivity contribution in [2.75, 3.05) is 0 Å². The third-order valence-corrected chi connectivity index (χ3v) is 4.61. The van der Waals surface area contributed by atoms with Crippen molar-refractivity contribution in [2.24, 2.45) is 0 Å². The molecule has 0 aliphatic carbocycles. The summed E-state index contributed by atoms with van der Waals surface area (Å²) in [4.78, 5) is 0. The molecular formula is C26H26O. The summed E-state index contributed by atoms with van der Waals surface area (Å²) in [5.41, 5.74) is 3.18. The van der Waals surface area contributed by atoms with E-state index in [4.69, 9.17) is 4.74 Å². The van der Waals surface area contributed by atoms with Gasteiger partial charge in [-0.1, -0.05) is 94.9 Å². The third kappa shape index (κ3) is 3.10. The van der Waals surface area contributed by atoms with Gasteiger partial charge in [0.25, 0.3) is 0 Å². The Labute approximate surface area is 161 Å². The third-order valence-electron chi connectivity index (χ3n) is 4.61. The fourth-order valence-corrected chi connectivity index (χ4v) is 3.43. The van der Waals surface area contributed by atoms with Gasteiger partial charge in [0.15, 0.2) is 0 Å². The van der Waals surface area contributed by atoms with Crippen LogP contribution in [0, 0.1) is 0 Å². The molecule has 0 saturated carbocycles. The van der Waals surface area contributed by atoms with Gasteiger partial charge in [-0.15, -0.1) is 0 Å². The predicted molar refractivity (Wildman–Crippen MR) is 119 cm³/mol. The minimum Gasteiger partial charge on any atom is -0.455 e. The highest BCUT2D eigenvalue weighted by Gasteiger charge is 2.23. The lowest BCUT2D eigenvalue weighted by Gasteiger charge is -2.25. The summed E-state index contributed by atoms with van der Waals surface area (Å²) < 4.78 is 6.41. The van der Waals surface area contributed by atoms with E-state index in [0.29, 0.717) is 0 Å². The number of ether oxygens (including phenoxy) is 1. The average molecular weight is 354 g/mol. The van der Waals surface area contributed by atoms with Gasteiger partial charge < -0.3 is 4.74 Å². The van der Waals surface area contributed by atoms with Crippen LogP contribution < -0.4 is 4.74 Å². The lowest BCUT2D eigenvalue weighted by molar-refractivity contribution is 0.485. The van der Waals surface area contributed by atoms with E-state index in [-0.39, 0.29) is 0 Å². The van der Waals surface area contributed by atoms with Crippen molar-refractivity contribution in [1.82, 2.24) is 0 Å². The first-order valence-corrected chi connectivity index (χ1v) is 9.74. The summed E-state index contributed by atoms with van der Waals surface area (Å²) in [6.07, 6.45) is 0. The van der Waals surface area contributed by atoms with Gasteiger partial charge in [-0.3, -0.25) is 0 Å². The molecule has 4 aromatic carbocycles. The van der Waals surface area contributed by atoms with E-state index in [0.717, 1.165) is 39.0 Å². The second kappa shape index (κ2) is 8.09. The number of hydrogen-bond acceptors (Lipinski definition) is 1. The number of fused-ring (bicyclic) bond motifs is 6.